The number of hydrogen-bond acceptors (Lipinski definition) is 3. The summed E-state index contributed by atoms with van der Waals surface area (Å²) in [6.45, 7) is 0.358. The molecular formula is C20H16O3. The Morgan fingerprint density at radius 1 is 0.870 bits per heavy atom. The average Bonchev–Trinajstić information content (AvgIpc) is 3.12. The van der Waals surface area contributed by atoms with Gasteiger partial charge in [0.2, 0.25) is 5.78 Å². The summed E-state index contributed by atoms with van der Waals surface area (Å²) in [4.78, 5) is 13.2. The maximum absolute atomic E-state index is 13.2. The Kier molecular flexibility index (Phi) is 3.45. The molecule has 1 atom stereocenters. The predicted octanol–water partition coefficient (Wildman–Crippen LogP) is 3.92. The molecule has 1 saturated heterocycles. The predicted molar refractivity (Wildman–Crippen MR) is 88.3 cm³/mol. The lowest BCUT2D eigenvalue weighted by Crippen LogP contribution is -2.38. The van der Waals surface area contributed by atoms with Gasteiger partial charge in [0.1, 0.15) is 6.79 Å². The van der Waals surface area contributed by atoms with Crippen LogP contribution in [0.5, 0.6) is 0 Å². The van der Waals surface area contributed by atoms with Crippen molar-refractivity contribution in [3.05, 3.63) is 83.9 Å². The number of ether oxygens (including phenoxy) is 2. The highest BCUT2D eigenvalue weighted by atomic mass is 16.7. The van der Waals surface area contributed by atoms with E-state index < -0.39 is 5.60 Å². The van der Waals surface area contributed by atoms with Crippen molar-refractivity contribution < 1.29 is 14.3 Å². The van der Waals surface area contributed by atoms with Crippen LogP contribution in [0.15, 0.2) is 72.8 Å². The van der Waals surface area contributed by atoms with E-state index in [2.05, 4.69) is 0 Å². The summed E-state index contributed by atoms with van der Waals surface area (Å²) in [6.07, 6.45) is 0. The van der Waals surface area contributed by atoms with Gasteiger partial charge in [-0.3, -0.25) is 4.79 Å². The van der Waals surface area contributed by atoms with Crippen LogP contribution in [0.4, 0.5) is 0 Å². The summed E-state index contributed by atoms with van der Waals surface area (Å²) in [5.74, 6) is -0.0630. The Morgan fingerprint density at radius 2 is 1.61 bits per heavy atom. The molecule has 3 heteroatoms. The minimum atomic E-state index is -1.08. The molecule has 1 unspecified atom stereocenters. The molecular weight excluding hydrogens is 288 g/mol. The van der Waals surface area contributed by atoms with Gasteiger partial charge in [-0.15, -0.1) is 0 Å². The van der Waals surface area contributed by atoms with Crippen molar-refractivity contribution in [1.29, 1.82) is 0 Å². The second-order valence-corrected chi connectivity index (χ2v) is 5.66. The summed E-state index contributed by atoms with van der Waals surface area (Å²) in [5.41, 5.74) is 0.412. The molecule has 3 aromatic rings. The monoisotopic (exact) mass is 304 g/mol. The Hall–Kier alpha value is -2.49. The quantitative estimate of drug-likeness (QED) is 0.688. The van der Waals surface area contributed by atoms with Gasteiger partial charge in [0, 0.05) is 11.1 Å². The SMILES string of the molecule is O=C(c1ccccc1)C1(c2cccc3ccccc23)COCO1. The molecule has 3 aromatic carbocycles. The van der Waals surface area contributed by atoms with Gasteiger partial charge in [0.15, 0.2) is 5.60 Å². The first-order valence-corrected chi connectivity index (χ1v) is 7.61. The van der Waals surface area contributed by atoms with E-state index in [-0.39, 0.29) is 19.2 Å². The highest BCUT2D eigenvalue weighted by molar-refractivity contribution is 6.05. The first kappa shape index (κ1) is 14.1. The number of hydrogen-bond donors (Lipinski definition) is 0. The van der Waals surface area contributed by atoms with Gasteiger partial charge >= 0.3 is 0 Å². The number of benzene rings is 3. The summed E-state index contributed by atoms with van der Waals surface area (Å²) >= 11 is 0. The highest BCUT2D eigenvalue weighted by Gasteiger charge is 2.46. The fourth-order valence-electron chi connectivity index (χ4n) is 3.18. The van der Waals surface area contributed by atoms with Crippen LogP contribution in [-0.2, 0) is 15.1 Å². The molecule has 0 bridgehead atoms. The molecule has 0 aliphatic carbocycles. The van der Waals surface area contributed by atoms with E-state index in [9.17, 15) is 4.79 Å². The average molecular weight is 304 g/mol. The van der Waals surface area contributed by atoms with Gasteiger partial charge in [-0.25, -0.2) is 0 Å². The number of carbonyl (C=O) groups excluding carboxylic acids is 1. The summed E-state index contributed by atoms with van der Waals surface area (Å²) in [5, 5.41) is 2.10. The maximum Gasteiger partial charge on any atom is 0.201 e. The smallest absolute Gasteiger partial charge is 0.201 e. The molecule has 0 amide bonds. The minimum Gasteiger partial charge on any atom is -0.351 e. The standard InChI is InChI=1S/C20H16O3/c21-19(16-8-2-1-3-9-16)20(13-22-14-23-20)18-12-6-10-15-7-4-5-11-17(15)18/h1-12H,13-14H2. The van der Waals surface area contributed by atoms with Crippen LogP contribution < -0.4 is 0 Å². The van der Waals surface area contributed by atoms with Crippen molar-refractivity contribution >= 4 is 16.6 Å². The Morgan fingerprint density at radius 3 is 2.39 bits per heavy atom. The van der Waals surface area contributed by atoms with Crippen LogP contribution in [0.2, 0.25) is 0 Å². The van der Waals surface area contributed by atoms with Crippen LogP contribution in [0.1, 0.15) is 15.9 Å². The Bertz CT molecular complexity index is 844. The van der Waals surface area contributed by atoms with E-state index in [1.807, 2.05) is 72.8 Å². The number of rotatable bonds is 3. The molecule has 4 rings (SSSR count). The molecule has 1 aliphatic heterocycles. The van der Waals surface area contributed by atoms with Crippen molar-refractivity contribution in [2.45, 2.75) is 5.60 Å². The third kappa shape index (κ3) is 2.25. The van der Waals surface area contributed by atoms with E-state index in [1.165, 1.54) is 0 Å². The first-order chi connectivity index (χ1) is 11.3. The molecule has 0 aromatic heterocycles. The normalized spacial score (nSPS) is 20.7. The lowest BCUT2D eigenvalue weighted by molar-refractivity contribution is -0.00170. The van der Waals surface area contributed by atoms with Gasteiger partial charge in [-0.2, -0.15) is 0 Å². The van der Waals surface area contributed by atoms with Crippen LogP contribution in [-0.4, -0.2) is 19.2 Å². The van der Waals surface area contributed by atoms with Crippen LogP contribution in [0, 0.1) is 0 Å². The number of fused-ring (bicyclic) bond motifs is 1. The lowest BCUT2D eigenvalue weighted by atomic mass is 9.84. The van der Waals surface area contributed by atoms with Crippen molar-refractivity contribution in [2.24, 2.45) is 0 Å². The minimum absolute atomic E-state index is 0.0630. The van der Waals surface area contributed by atoms with Crippen molar-refractivity contribution in [1.82, 2.24) is 0 Å². The van der Waals surface area contributed by atoms with Gasteiger partial charge in [0.25, 0.3) is 0 Å². The van der Waals surface area contributed by atoms with Crippen molar-refractivity contribution in [3.8, 4) is 0 Å². The first-order valence-electron chi connectivity index (χ1n) is 7.61. The topological polar surface area (TPSA) is 35.5 Å². The molecule has 1 fully saturated rings. The van der Waals surface area contributed by atoms with Crippen molar-refractivity contribution in [3.63, 3.8) is 0 Å². The zero-order chi connectivity index (χ0) is 15.7. The second kappa shape index (κ2) is 5.61. The van der Waals surface area contributed by atoms with E-state index in [0.717, 1.165) is 16.3 Å². The third-order valence-corrected chi connectivity index (χ3v) is 4.32. The molecule has 0 N–H and O–H groups in total. The maximum atomic E-state index is 13.2. The van der Waals surface area contributed by atoms with Crippen LogP contribution in [0.25, 0.3) is 10.8 Å². The molecule has 1 aliphatic rings. The number of Topliss-reactive ketones (excluding diaryl/α,β-unsaturated/α-hetero) is 1. The van der Waals surface area contributed by atoms with E-state index in [4.69, 9.17) is 9.47 Å². The van der Waals surface area contributed by atoms with Crippen LogP contribution in [0.3, 0.4) is 0 Å². The molecule has 1 heterocycles. The van der Waals surface area contributed by atoms with Gasteiger partial charge in [-0.1, -0.05) is 72.8 Å². The summed E-state index contributed by atoms with van der Waals surface area (Å²) < 4.78 is 11.3. The fourth-order valence-corrected chi connectivity index (χ4v) is 3.18. The van der Waals surface area contributed by atoms with Gasteiger partial charge in [-0.05, 0) is 10.8 Å². The Balaban J connectivity index is 1.92. The molecule has 114 valence electrons. The van der Waals surface area contributed by atoms with Gasteiger partial charge in [0.05, 0.1) is 6.61 Å². The van der Waals surface area contributed by atoms with E-state index >= 15 is 0 Å². The highest BCUT2D eigenvalue weighted by Crippen LogP contribution is 2.38. The molecule has 0 radical (unpaired) electrons. The number of ketones is 1. The Labute approximate surface area is 134 Å². The van der Waals surface area contributed by atoms with E-state index in [0.29, 0.717) is 5.56 Å². The number of carbonyl (C=O) groups is 1. The van der Waals surface area contributed by atoms with Crippen LogP contribution >= 0.6 is 0 Å². The van der Waals surface area contributed by atoms with E-state index in [1.54, 1.807) is 0 Å². The zero-order valence-corrected chi connectivity index (χ0v) is 12.6. The van der Waals surface area contributed by atoms with Gasteiger partial charge < -0.3 is 9.47 Å². The largest absolute Gasteiger partial charge is 0.351 e. The van der Waals surface area contributed by atoms with Crippen molar-refractivity contribution in [2.75, 3.05) is 13.4 Å². The molecule has 0 saturated carbocycles. The second-order valence-electron chi connectivity index (χ2n) is 5.66. The summed E-state index contributed by atoms with van der Waals surface area (Å²) in [7, 11) is 0. The fraction of sp³-hybridized carbons (Fsp3) is 0.150. The molecule has 3 nitrogen and oxygen atoms in total. The molecule has 23 heavy (non-hydrogen) atoms. The lowest BCUT2D eigenvalue weighted by Gasteiger charge is -2.27. The zero-order valence-electron chi connectivity index (χ0n) is 12.6. The summed E-state index contributed by atoms with van der Waals surface area (Å²) in [6, 6.07) is 23.2. The third-order valence-electron chi connectivity index (χ3n) is 4.32. The molecule has 0 spiro atoms.